The molecule has 0 fully saturated rings. The summed E-state index contributed by atoms with van der Waals surface area (Å²) in [5, 5.41) is 0.580. The number of nitrogens with zero attached hydrogens (tertiary/aromatic N) is 1. The molecule has 2 N–H and O–H groups in total. The maximum Gasteiger partial charge on any atom is 0.258 e. The van der Waals surface area contributed by atoms with Gasteiger partial charge in [-0.2, -0.15) is 0 Å². The topological polar surface area (TPSA) is 81.9 Å². The van der Waals surface area contributed by atoms with Gasteiger partial charge in [-0.15, -0.1) is 11.8 Å². The minimum Gasteiger partial charge on any atom is -0.493 e. The van der Waals surface area contributed by atoms with Gasteiger partial charge in [0.1, 0.15) is 0 Å². The summed E-state index contributed by atoms with van der Waals surface area (Å²) in [5.41, 5.74) is 6.38. The largest absolute Gasteiger partial charge is 0.493 e. The molecule has 0 bridgehead atoms. The molecule has 2 aromatic rings. The number of anilines is 1. The molecule has 0 radical (unpaired) electrons. The lowest BCUT2D eigenvalue weighted by Gasteiger charge is -2.23. The standard InChI is InChI=1S/C20H21ClN2O4S/c1-12-7-8-23(15-5-3-4-6-17(15)28-12)20(25)13-9-14(21)19(16(10-13)26-2)27-11-18(22)24/h3-6,9-10,12H,7-8,11H2,1-2H3,(H2,22,24)/t12-/m0/s1. The Hall–Kier alpha value is -2.38. The van der Waals surface area contributed by atoms with Crippen LogP contribution in [0.5, 0.6) is 11.5 Å². The normalized spacial score (nSPS) is 16.1. The lowest BCUT2D eigenvalue weighted by Crippen LogP contribution is -2.32. The van der Waals surface area contributed by atoms with E-state index in [2.05, 4.69) is 6.92 Å². The average Bonchev–Trinajstić information content (AvgIpc) is 2.83. The van der Waals surface area contributed by atoms with Gasteiger partial charge in [-0.25, -0.2) is 0 Å². The summed E-state index contributed by atoms with van der Waals surface area (Å²) in [5.74, 6) is -0.363. The van der Waals surface area contributed by atoms with Crippen molar-refractivity contribution in [2.45, 2.75) is 23.5 Å². The third kappa shape index (κ3) is 4.36. The van der Waals surface area contributed by atoms with Crippen molar-refractivity contribution >= 4 is 40.9 Å². The van der Waals surface area contributed by atoms with Gasteiger partial charge in [0.15, 0.2) is 18.1 Å². The van der Waals surface area contributed by atoms with Crippen LogP contribution in [0.2, 0.25) is 5.02 Å². The van der Waals surface area contributed by atoms with Gasteiger partial charge in [0, 0.05) is 22.3 Å². The first-order chi connectivity index (χ1) is 13.4. The van der Waals surface area contributed by atoms with Crippen LogP contribution in [0.25, 0.3) is 0 Å². The van der Waals surface area contributed by atoms with Gasteiger partial charge in [0.2, 0.25) is 0 Å². The molecule has 0 spiro atoms. The van der Waals surface area contributed by atoms with Crippen molar-refractivity contribution in [3.63, 3.8) is 0 Å². The van der Waals surface area contributed by atoms with Crippen molar-refractivity contribution in [1.82, 2.24) is 0 Å². The molecule has 0 aliphatic carbocycles. The number of ether oxygens (including phenoxy) is 2. The van der Waals surface area contributed by atoms with E-state index in [0.717, 1.165) is 17.0 Å². The van der Waals surface area contributed by atoms with E-state index in [1.807, 2.05) is 24.3 Å². The smallest absolute Gasteiger partial charge is 0.258 e. The van der Waals surface area contributed by atoms with Gasteiger partial charge < -0.3 is 20.1 Å². The van der Waals surface area contributed by atoms with Crippen LogP contribution in [-0.4, -0.2) is 37.3 Å². The van der Waals surface area contributed by atoms with Crippen LogP contribution in [-0.2, 0) is 4.79 Å². The molecular weight excluding hydrogens is 400 g/mol. The summed E-state index contributed by atoms with van der Waals surface area (Å²) in [6.45, 7) is 2.42. The fourth-order valence-corrected chi connectivity index (χ4v) is 4.36. The van der Waals surface area contributed by atoms with Crippen molar-refractivity contribution in [3.05, 3.63) is 47.0 Å². The average molecular weight is 421 g/mol. The molecular formula is C20H21ClN2O4S. The molecule has 0 aromatic heterocycles. The minimum atomic E-state index is -0.633. The highest BCUT2D eigenvalue weighted by Gasteiger charge is 2.26. The summed E-state index contributed by atoms with van der Waals surface area (Å²) in [7, 11) is 1.44. The molecule has 0 saturated heterocycles. The predicted octanol–water partition coefficient (Wildman–Crippen LogP) is 3.74. The Kier molecular flexibility index (Phi) is 6.36. The number of carbonyl (C=O) groups excluding carboxylic acids is 2. The van der Waals surface area contributed by atoms with Gasteiger partial charge in [-0.3, -0.25) is 9.59 Å². The second kappa shape index (κ2) is 8.75. The van der Waals surface area contributed by atoms with Crippen LogP contribution in [0.3, 0.4) is 0 Å². The molecule has 8 heteroatoms. The van der Waals surface area contributed by atoms with Crippen LogP contribution >= 0.6 is 23.4 Å². The lowest BCUT2D eigenvalue weighted by atomic mass is 10.1. The van der Waals surface area contributed by atoms with E-state index in [4.69, 9.17) is 26.8 Å². The SMILES string of the molecule is COc1cc(C(=O)N2CC[C@H](C)Sc3ccccc32)cc(Cl)c1OCC(N)=O. The molecule has 1 heterocycles. The van der Waals surface area contributed by atoms with Crippen molar-refractivity contribution in [2.75, 3.05) is 25.2 Å². The third-order valence-corrected chi connectivity index (χ3v) is 5.84. The molecule has 2 amide bonds. The Balaban J connectivity index is 1.96. The maximum atomic E-state index is 13.3. The van der Waals surface area contributed by atoms with E-state index in [-0.39, 0.29) is 29.0 Å². The number of benzene rings is 2. The van der Waals surface area contributed by atoms with Crippen LogP contribution in [0.1, 0.15) is 23.7 Å². The first-order valence-corrected chi connectivity index (χ1v) is 10.0. The van der Waals surface area contributed by atoms with Gasteiger partial charge in [-0.1, -0.05) is 30.7 Å². The van der Waals surface area contributed by atoms with E-state index >= 15 is 0 Å². The van der Waals surface area contributed by atoms with Crippen molar-refractivity contribution in [2.24, 2.45) is 5.73 Å². The van der Waals surface area contributed by atoms with E-state index in [1.165, 1.54) is 13.2 Å². The number of nitrogens with two attached hydrogens (primary N) is 1. The Morgan fingerprint density at radius 1 is 1.32 bits per heavy atom. The molecule has 28 heavy (non-hydrogen) atoms. The number of rotatable bonds is 5. The third-order valence-electron chi connectivity index (χ3n) is 4.32. The number of methoxy groups -OCH3 is 1. The summed E-state index contributed by atoms with van der Waals surface area (Å²) in [6, 6.07) is 10.9. The van der Waals surface area contributed by atoms with Crippen molar-refractivity contribution in [3.8, 4) is 11.5 Å². The zero-order valence-corrected chi connectivity index (χ0v) is 17.2. The zero-order valence-electron chi connectivity index (χ0n) is 15.6. The second-order valence-electron chi connectivity index (χ2n) is 6.39. The number of thioether (sulfide) groups is 1. The Labute approximate surface area is 172 Å². The van der Waals surface area contributed by atoms with Crippen LogP contribution in [0, 0.1) is 0 Å². The van der Waals surface area contributed by atoms with E-state index < -0.39 is 5.91 Å². The fraction of sp³-hybridized carbons (Fsp3) is 0.300. The number of halogens is 1. The predicted molar refractivity (Wildman–Crippen MR) is 111 cm³/mol. The quantitative estimate of drug-likeness (QED) is 0.796. The van der Waals surface area contributed by atoms with Gasteiger partial charge in [0.05, 0.1) is 17.8 Å². The first-order valence-electron chi connectivity index (χ1n) is 8.77. The number of hydrogen-bond donors (Lipinski definition) is 1. The highest BCUT2D eigenvalue weighted by Crippen LogP contribution is 2.40. The highest BCUT2D eigenvalue weighted by atomic mass is 35.5. The summed E-state index contributed by atoms with van der Waals surface area (Å²) >= 11 is 8.07. The molecule has 0 saturated carbocycles. The van der Waals surface area contributed by atoms with Gasteiger partial charge in [0.25, 0.3) is 11.8 Å². The van der Waals surface area contributed by atoms with E-state index in [1.54, 1.807) is 22.7 Å². The zero-order chi connectivity index (χ0) is 20.3. The summed E-state index contributed by atoms with van der Waals surface area (Å²) in [4.78, 5) is 27.1. The molecule has 1 aliphatic heterocycles. The Morgan fingerprint density at radius 2 is 2.07 bits per heavy atom. The summed E-state index contributed by atoms with van der Waals surface area (Å²) < 4.78 is 10.6. The molecule has 0 unspecified atom stereocenters. The number of primary amides is 1. The van der Waals surface area contributed by atoms with Crippen LogP contribution in [0.4, 0.5) is 5.69 Å². The second-order valence-corrected chi connectivity index (χ2v) is 8.27. The van der Waals surface area contributed by atoms with E-state index in [0.29, 0.717) is 17.4 Å². The lowest BCUT2D eigenvalue weighted by molar-refractivity contribution is -0.119. The summed E-state index contributed by atoms with van der Waals surface area (Å²) in [6.07, 6.45) is 0.871. The molecule has 148 valence electrons. The molecule has 2 aromatic carbocycles. The first kappa shape index (κ1) is 20.4. The maximum absolute atomic E-state index is 13.3. The minimum absolute atomic E-state index is 0.176. The van der Waals surface area contributed by atoms with Crippen molar-refractivity contribution < 1.29 is 19.1 Å². The number of hydrogen-bond acceptors (Lipinski definition) is 5. The van der Waals surface area contributed by atoms with Gasteiger partial charge >= 0.3 is 0 Å². The van der Waals surface area contributed by atoms with E-state index in [9.17, 15) is 9.59 Å². The highest BCUT2D eigenvalue weighted by molar-refractivity contribution is 8.00. The molecule has 3 rings (SSSR count). The van der Waals surface area contributed by atoms with Crippen LogP contribution in [0.15, 0.2) is 41.3 Å². The number of carbonyl (C=O) groups is 2. The fourth-order valence-electron chi connectivity index (χ4n) is 2.98. The Bertz CT molecular complexity index is 906. The Morgan fingerprint density at radius 3 is 2.79 bits per heavy atom. The molecule has 6 nitrogen and oxygen atoms in total. The number of fused-ring (bicyclic) bond motifs is 1. The molecule has 1 aliphatic rings. The molecule has 1 atom stereocenters. The number of amides is 2. The van der Waals surface area contributed by atoms with Crippen molar-refractivity contribution in [1.29, 1.82) is 0 Å². The van der Waals surface area contributed by atoms with Gasteiger partial charge in [-0.05, 0) is 30.7 Å². The monoisotopic (exact) mass is 420 g/mol. The number of para-hydroxylation sites is 1. The van der Waals surface area contributed by atoms with Crippen LogP contribution < -0.4 is 20.1 Å².